The lowest BCUT2D eigenvalue weighted by Crippen LogP contribution is -2.07. The van der Waals surface area contributed by atoms with Crippen molar-refractivity contribution < 1.29 is 4.79 Å². The molecule has 20 heavy (non-hydrogen) atoms. The molecule has 1 amide bonds. The van der Waals surface area contributed by atoms with E-state index in [4.69, 9.17) is 6.42 Å². The van der Waals surface area contributed by atoms with Crippen molar-refractivity contribution in [1.82, 2.24) is 0 Å². The number of hydrogen-bond acceptors (Lipinski definition) is 1. The highest BCUT2D eigenvalue weighted by Crippen LogP contribution is 2.08. The van der Waals surface area contributed by atoms with Gasteiger partial charge >= 0.3 is 0 Å². The standard InChI is InChI=1S/C18H19NO/c1-4-8-15(2)9-6-5-7-10-18(20)19-17-13-11-16(3)12-14-17/h1,6-14H,5H2,2-3H3,(H,19,20)/b9-6-,10-7+,15-8-. The van der Waals surface area contributed by atoms with E-state index < -0.39 is 0 Å². The molecule has 0 radical (unpaired) electrons. The van der Waals surface area contributed by atoms with E-state index in [2.05, 4.69) is 11.2 Å². The van der Waals surface area contributed by atoms with Crippen LogP contribution in [-0.4, -0.2) is 5.91 Å². The molecule has 0 saturated carbocycles. The predicted octanol–water partition coefficient (Wildman–Crippen LogP) is 4.02. The fourth-order valence-corrected chi connectivity index (χ4v) is 1.51. The fourth-order valence-electron chi connectivity index (χ4n) is 1.51. The highest BCUT2D eigenvalue weighted by molar-refractivity contribution is 5.99. The third-order valence-electron chi connectivity index (χ3n) is 2.55. The molecule has 0 spiro atoms. The molecule has 1 aromatic carbocycles. The normalized spacial score (nSPS) is 11.8. The number of nitrogens with one attached hydrogen (secondary N) is 1. The van der Waals surface area contributed by atoms with Gasteiger partial charge in [-0.25, -0.2) is 0 Å². The zero-order chi connectivity index (χ0) is 14.8. The Balaban J connectivity index is 2.39. The third kappa shape index (κ3) is 6.42. The van der Waals surface area contributed by atoms with Gasteiger partial charge in [0, 0.05) is 5.69 Å². The smallest absolute Gasteiger partial charge is 0.248 e. The maximum atomic E-state index is 11.6. The Morgan fingerprint density at radius 3 is 2.55 bits per heavy atom. The first-order chi connectivity index (χ1) is 9.61. The predicted molar refractivity (Wildman–Crippen MR) is 85.3 cm³/mol. The highest BCUT2D eigenvalue weighted by atomic mass is 16.1. The molecule has 2 heteroatoms. The molecule has 102 valence electrons. The Morgan fingerprint density at radius 2 is 1.90 bits per heavy atom. The van der Waals surface area contributed by atoms with Crippen LogP contribution in [0.3, 0.4) is 0 Å². The van der Waals surface area contributed by atoms with Crippen LogP contribution in [0.2, 0.25) is 0 Å². The minimum Gasteiger partial charge on any atom is -0.323 e. The number of amides is 1. The van der Waals surface area contributed by atoms with Crippen molar-refractivity contribution in [3.63, 3.8) is 0 Å². The second-order valence-corrected chi connectivity index (χ2v) is 4.45. The third-order valence-corrected chi connectivity index (χ3v) is 2.55. The Labute approximate surface area is 120 Å². The van der Waals surface area contributed by atoms with Crippen molar-refractivity contribution in [1.29, 1.82) is 0 Å². The van der Waals surface area contributed by atoms with E-state index in [-0.39, 0.29) is 5.91 Å². The topological polar surface area (TPSA) is 29.1 Å². The number of anilines is 1. The van der Waals surface area contributed by atoms with Crippen molar-refractivity contribution in [2.24, 2.45) is 0 Å². The van der Waals surface area contributed by atoms with Crippen LogP contribution in [0.25, 0.3) is 0 Å². The molecule has 0 heterocycles. The number of carbonyl (C=O) groups is 1. The molecular weight excluding hydrogens is 246 g/mol. The first-order valence-electron chi connectivity index (χ1n) is 6.45. The van der Waals surface area contributed by atoms with E-state index in [1.54, 1.807) is 6.08 Å². The summed E-state index contributed by atoms with van der Waals surface area (Å²) in [6.45, 7) is 3.94. The number of hydrogen-bond donors (Lipinski definition) is 1. The van der Waals surface area contributed by atoms with Gasteiger partial charge in [-0.1, -0.05) is 41.8 Å². The molecule has 1 rings (SSSR count). The summed E-state index contributed by atoms with van der Waals surface area (Å²) in [4.78, 5) is 11.6. The first kappa shape index (κ1) is 15.5. The molecule has 0 saturated heterocycles. The van der Waals surface area contributed by atoms with Gasteiger partial charge in [-0.2, -0.15) is 0 Å². The minimum absolute atomic E-state index is 0.127. The van der Waals surface area contributed by atoms with Crippen LogP contribution in [0.5, 0.6) is 0 Å². The van der Waals surface area contributed by atoms with Gasteiger partial charge in [-0.15, -0.1) is 6.42 Å². The Hall–Kier alpha value is -2.53. The summed E-state index contributed by atoms with van der Waals surface area (Å²) in [5.74, 6) is 2.34. The molecule has 0 fully saturated rings. The molecule has 0 aliphatic carbocycles. The van der Waals surface area contributed by atoms with Crippen LogP contribution >= 0.6 is 0 Å². The van der Waals surface area contributed by atoms with Gasteiger partial charge in [-0.3, -0.25) is 4.79 Å². The highest BCUT2D eigenvalue weighted by Gasteiger charge is 1.96. The average molecular weight is 265 g/mol. The van der Waals surface area contributed by atoms with E-state index in [1.807, 2.05) is 56.3 Å². The largest absolute Gasteiger partial charge is 0.323 e. The lowest BCUT2D eigenvalue weighted by molar-refractivity contribution is -0.111. The van der Waals surface area contributed by atoms with Crippen molar-refractivity contribution in [3.8, 4) is 12.3 Å². The van der Waals surface area contributed by atoms with E-state index in [0.29, 0.717) is 6.42 Å². The van der Waals surface area contributed by atoms with E-state index in [0.717, 1.165) is 11.3 Å². The zero-order valence-corrected chi connectivity index (χ0v) is 11.9. The second kappa shape index (κ2) is 8.55. The summed E-state index contributed by atoms with van der Waals surface area (Å²) in [5.41, 5.74) is 2.98. The molecule has 1 N–H and O–H groups in total. The van der Waals surface area contributed by atoms with Crippen LogP contribution in [0.4, 0.5) is 5.69 Å². The fraction of sp³-hybridized carbons (Fsp3) is 0.167. The molecular formula is C18H19NO. The maximum absolute atomic E-state index is 11.6. The summed E-state index contributed by atoms with van der Waals surface area (Å²) < 4.78 is 0. The molecule has 0 aliphatic rings. The summed E-state index contributed by atoms with van der Waals surface area (Å²) in [5, 5.41) is 2.80. The van der Waals surface area contributed by atoms with Gasteiger partial charge in [0.15, 0.2) is 0 Å². The lowest BCUT2D eigenvalue weighted by atomic mass is 10.2. The minimum atomic E-state index is -0.127. The lowest BCUT2D eigenvalue weighted by Gasteiger charge is -2.01. The van der Waals surface area contributed by atoms with Gasteiger partial charge in [0.2, 0.25) is 5.91 Å². The van der Waals surface area contributed by atoms with Crippen molar-refractivity contribution in [3.05, 3.63) is 65.8 Å². The van der Waals surface area contributed by atoms with Gasteiger partial charge in [0.1, 0.15) is 0 Å². The monoisotopic (exact) mass is 265 g/mol. The molecule has 0 aliphatic heterocycles. The van der Waals surface area contributed by atoms with Crippen molar-refractivity contribution in [2.75, 3.05) is 5.32 Å². The van der Waals surface area contributed by atoms with E-state index in [1.165, 1.54) is 11.6 Å². The summed E-state index contributed by atoms with van der Waals surface area (Å²) in [7, 11) is 0. The Morgan fingerprint density at radius 1 is 1.25 bits per heavy atom. The van der Waals surface area contributed by atoms with Crippen LogP contribution in [-0.2, 0) is 4.79 Å². The van der Waals surface area contributed by atoms with Crippen LogP contribution in [0, 0.1) is 19.3 Å². The number of allylic oxidation sites excluding steroid dienone is 5. The zero-order valence-electron chi connectivity index (χ0n) is 11.9. The molecule has 0 unspecified atom stereocenters. The Bertz CT molecular complexity index is 568. The average Bonchev–Trinajstić information content (AvgIpc) is 2.41. The summed E-state index contributed by atoms with van der Waals surface area (Å²) in [6, 6.07) is 7.69. The number of benzene rings is 1. The quantitative estimate of drug-likeness (QED) is 0.486. The molecule has 2 nitrogen and oxygen atoms in total. The van der Waals surface area contributed by atoms with Crippen molar-refractivity contribution >= 4 is 11.6 Å². The van der Waals surface area contributed by atoms with Crippen LogP contribution < -0.4 is 5.32 Å². The first-order valence-corrected chi connectivity index (χ1v) is 6.45. The van der Waals surface area contributed by atoms with Gasteiger partial charge in [-0.05, 0) is 50.1 Å². The number of carbonyl (C=O) groups excluding carboxylic acids is 1. The second-order valence-electron chi connectivity index (χ2n) is 4.45. The number of aryl methyl sites for hydroxylation is 1. The van der Waals surface area contributed by atoms with E-state index >= 15 is 0 Å². The maximum Gasteiger partial charge on any atom is 0.248 e. The van der Waals surface area contributed by atoms with Gasteiger partial charge < -0.3 is 5.32 Å². The summed E-state index contributed by atoms with van der Waals surface area (Å²) >= 11 is 0. The number of rotatable bonds is 5. The SMILES string of the molecule is C#C/C=C(C)\C=C/C/C=C/C(=O)Nc1ccc(C)cc1. The van der Waals surface area contributed by atoms with Crippen LogP contribution in [0.15, 0.2) is 60.2 Å². The Kier molecular flexibility index (Phi) is 6.64. The van der Waals surface area contributed by atoms with Crippen LogP contribution in [0.1, 0.15) is 18.9 Å². The van der Waals surface area contributed by atoms with Gasteiger partial charge in [0.05, 0.1) is 0 Å². The molecule has 0 atom stereocenters. The molecule has 0 aromatic heterocycles. The van der Waals surface area contributed by atoms with Crippen molar-refractivity contribution in [2.45, 2.75) is 20.3 Å². The van der Waals surface area contributed by atoms with E-state index in [9.17, 15) is 4.79 Å². The molecule has 0 bridgehead atoms. The number of terminal acetylenes is 1. The van der Waals surface area contributed by atoms with Gasteiger partial charge in [0.25, 0.3) is 0 Å². The summed E-state index contributed by atoms with van der Waals surface area (Å²) in [6.07, 6.45) is 14.8. The molecule has 1 aromatic rings.